The van der Waals surface area contributed by atoms with Crippen molar-refractivity contribution in [1.29, 1.82) is 0 Å². The van der Waals surface area contributed by atoms with Gasteiger partial charge < -0.3 is 14.0 Å². The molecule has 0 atom stereocenters. The Morgan fingerprint density at radius 3 is 2.37 bits per heavy atom. The molecule has 0 saturated heterocycles. The topological polar surface area (TPSA) is 62.1 Å². The number of pyridine rings is 1. The predicted molar refractivity (Wildman–Crippen MR) is 166 cm³/mol. The Bertz CT molecular complexity index is 1800. The summed E-state index contributed by atoms with van der Waals surface area (Å²) in [7, 11) is 2.01. The van der Waals surface area contributed by atoms with Gasteiger partial charge in [-0.25, -0.2) is 4.98 Å². The molecule has 4 aromatic carbocycles. The van der Waals surface area contributed by atoms with E-state index in [0.717, 1.165) is 56.0 Å². The molecule has 6 nitrogen and oxygen atoms in total. The van der Waals surface area contributed by atoms with Crippen LogP contribution >= 0.6 is 11.8 Å². The first kappa shape index (κ1) is 26.6. The van der Waals surface area contributed by atoms with Crippen molar-refractivity contribution in [3.8, 4) is 39.9 Å². The highest BCUT2D eigenvalue weighted by Crippen LogP contribution is 2.37. The Balaban J connectivity index is 1.43. The van der Waals surface area contributed by atoms with Gasteiger partial charge in [-0.2, -0.15) is 0 Å². The highest BCUT2D eigenvalue weighted by molar-refractivity contribution is 7.98. The summed E-state index contributed by atoms with van der Waals surface area (Å²) < 4.78 is 14.2. The van der Waals surface area contributed by atoms with Crippen LogP contribution in [0, 0.1) is 6.92 Å². The van der Waals surface area contributed by atoms with E-state index in [4.69, 9.17) is 14.5 Å². The molecule has 2 heterocycles. The summed E-state index contributed by atoms with van der Waals surface area (Å²) in [5.41, 5.74) is 5.96. The fourth-order valence-electron chi connectivity index (χ4n) is 4.69. The van der Waals surface area contributed by atoms with Gasteiger partial charge in [-0.15, -0.1) is 10.2 Å². The highest BCUT2D eigenvalue weighted by Gasteiger charge is 2.18. The Kier molecular flexibility index (Phi) is 7.69. The first-order valence-corrected chi connectivity index (χ1v) is 14.6. The minimum Gasteiger partial charge on any atom is -0.493 e. The summed E-state index contributed by atoms with van der Waals surface area (Å²) >= 11 is 1.67. The molecule has 0 radical (unpaired) electrons. The number of nitrogens with zero attached hydrogens (tertiary/aromatic N) is 4. The van der Waals surface area contributed by atoms with Crippen LogP contribution in [0.5, 0.6) is 17.2 Å². The van der Waals surface area contributed by atoms with Crippen LogP contribution in [-0.2, 0) is 12.8 Å². The van der Waals surface area contributed by atoms with Crippen molar-refractivity contribution in [2.75, 3.05) is 6.61 Å². The molecule has 0 fully saturated rings. The second-order valence-corrected chi connectivity index (χ2v) is 10.7. The van der Waals surface area contributed by atoms with E-state index >= 15 is 0 Å². The summed E-state index contributed by atoms with van der Waals surface area (Å²) in [6.07, 6.45) is 0. The molecule has 0 unspecified atom stereocenters. The van der Waals surface area contributed by atoms with Crippen molar-refractivity contribution in [2.45, 2.75) is 24.8 Å². The SMILES string of the molecule is CCOc1ccccc1-c1cc(-c2nnc(SCc3ccc(C)cc3)n2C)c2ccc(Oc3ccccc3)cc2n1. The van der Waals surface area contributed by atoms with Crippen LogP contribution in [0.1, 0.15) is 18.1 Å². The number of benzene rings is 4. The molecule has 0 aliphatic heterocycles. The van der Waals surface area contributed by atoms with E-state index in [1.807, 2.05) is 86.8 Å². The molecule has 6 aromatic rings. The van der Waals surface area contributed by atoms with E-state index < -0.39 is 0 Å². The monoisotopic (exact) mass is 558 g/mol. The smallest absolute Gasteiger partial charge is 0.191 e. The second kappa shape index (κ2) is 11.9. The normalized spacial score (nSPS) is 11.1. The van der Waals surface area contributed by atoms with E-state index in [-0.39, 0.29) is 0 Å². The van der Waals surface area contributed by atoms with Crippen molar-refractivity contribution >= 4 is 22.7 Å². The average Bonchev–Trinajstić information content (AvgIpc) is 3.37. The van der Waals surface area contributed by atoms with Crippen LogP contribution in [0.25, 0.3) is 33.5 Å². The van der Waals surface area contributed by atoms with Gasteiger partial charge in [0, 0.05) is 35.4 Å². The van der Waals surface area contributed by atoms with Crippen molar-refractivity contribution < 1.29 is 9.47 Å². The minimum atomic E-state index is 0.567. The predicted octanol–water partition coefficient (Wildman–Crippen LogP) is 8.49. The molecular weight excluding hydrogens is 528 g/mol. The maximum absolute atomic E-state index is 6.15. The molecule has 204 valence electrons. The third-order valence-electron chi connectivity index (χ3n) is 6.79. The molecular formula is C34H30N4O2S. The molecule has 0 bridgehead atoms. The number of ether oxygens (including phenoxy) is 2. The summed E-state index contributed by atoms with van der Waals surface area (Å²) in [4.78, 5) is 5.07. The van der Waals surface area contributed by atoms with Gasteiger partial charge in [0.05, 0.1) is 17.8 Å². The lowest BCUT2D eigenvalue weighted by Crippen LogP contribution is -1.99. The van der Waals surface area contributed by atoms with Gasteiger partial charge in [0.25, 0.3) is 0 Å². The number of aryl methyl sites for hydroxylation is 1. The number of hydrogen-bond acceptors (Lipinski definition) is 6. The van der Waals surface area contributed by atoms with Crippen LogP contribution < -0.4 is 9.47 Å². The lowest BCUT2D eigenvalue weighted by atomic mass is 10.0. The average molecular weight is 559 g/mol. The molecule has 6 rings (SSSR count). The standard InChI is InChI=1S/C34H30N4O2S/c1-4-39-32-13-9-8-12-28(32)31-21-29(27-19-18-26(20-30(27)35-31)40-25-10-6-5-7-11-25)33-36-37-34(38(33)3)41-22-24-16-14-23(2)15-17-24/h5-21H,4,22H2,1-3H3. The van der Waals surface area contributed by atoms with Gasteiger partial charge in [-0.3, -0.25) is 0 Å². The molecule has 0 amide bonds. The van der Waals surface area contributed by atoms with E-state index in [9.17, 15) is 0 Å². The first-order valence-electron chi connectivity index (χ1n) is 13.6. The van der Waals surface area contributed by atoms with Crippen molar-refractivity contribution in [3.05, 3.63) is 114 Å². The zero-order valence-corrected chi connectivity index (χ0v) is 24.1. The van der Waals surface area contributed by atoms with Crippen LogP contribution in [0.3, 0.4) is 0 Å². The summed E-state index contributed by atoms with van der Waals surface area (Å²) in [6, 6.07) is 34.4. The van der Waals surface area contributed by atoms with Gasteiger partial charge in [0.2, 0.25) is 0 Å². The van der Waals surface area contributed by atoms with Crippen molar-refractivity contribution in [1.82, 2.24) is 19.7 Å². The Labute approximate surface area is 244 Å². The van der Waals surface area contributed by atoms with E-state index in [2.05, 4.69) is 52.0 Å². The molecule has 7 heteroatoms. The maximum Gasteiger partial charge on any atom is 0.191 e. The second-order valence-electron chi connectivity index (χ2n) is 9.72. The Morgan fingerprint density at radius 2 is 1.56 bits per heavy atom. The number of para-hydroxylation sites is 2. The molecule has 0 saturated carbocycles. The fraction of sp³-hybridized carbons (Fsp3) is 0.147. The van der Waals surface area contributed by atoms with Crippen LogP contribution in [0.4, 0.5) is 0 Å². The minimum absolute atomic E-state index is 0.567. The number of rotatable bonds is 9. The van der Waals surface area contributed by atoms with Crippen LogP contribution in [-0.4, -0.2) is 26.4 Å². The zero-order chi connectivity index (χ0) is 28.2. The molecule has 2 aromatic heterocycles. The van der Waals surface area contributed by atoms with Crippen LogP contribution in [0.15, 0.2) is 108 Å². The van der Waals surface area contributed by atoms with E-state index in [0.29, 0.717) is 12.4 Å². The van der Waals surface area contributed by atoms with Gasteiger partial charge in [0.1, 0.15) is 17.2 Å². The number of aromatic nitrogens is 4. The summed E-state index contributed by atoms with van der Waals surface area (Å²) in [5.74, 6) is 3.86. The first-order chi connectivity index (χ1) is 20.1. The van der Waals surface area contributed by atoms with Crippen molar-refractivity contribution in [2.24, 2.45) is 7.05 Å². The quantitative estimate of drug-likeness (QED) is 0.166. The Morgan fingerprint density at radius 1 is 0.780 bits per heavy atom. The highest BCUT2D eigenvalue weighted by atomic mass is 32.2. The molecule has 41 heavy (non-hydrogen) atoms. The molecule has 0 aliphatic carbocycles. The number of hydrogen-bond donors (Lipinski definition) is 0. The Hall–Kier alpha value is -4.62. The summed E-state index contributed by atoms with van der Waals surface area (Å²) in [5, 5.41) is 11.0. The van der Waals surface area contributed by atoms with Gasteiger partial charge in [0.15, 0.2) is 11.0 Å². The van der Waals surface area contributed by atoms with E-state index in [1.165, 1.54) is 11.1 Å². The largest absolute Gasteiger partial charge is 0.493 e. The third kappa shape index (κ3) is 5.81. The van der Waals surface area contributed by atoms with Crippen LogP contribution in [0.2, 0.25) is 0 Å². The van der Waals surface area contributed by atoms with Gasteiger partial charge in [-0.05, 0) is 61.9 Å². The van der Waals surface area contributed by atoms with Gasteiger partial charge >= 0.3 is 0 Å². The molecule has 0 aliphatic rings. The number of fused-ring (bicyclic) bond motifs is 1. The molecule has 0 spiro atoms. The van der Waals surface area contributed by atoms with E-state index in [1.54, 1.807) is 11.8 Å². The fourth-order valence-corrected chi connectivity index (χ4v) is 5.55. The number of thioether (sulfide) groups is 1. The third-order valence-corrected chi connectivity index (χ3v) is 7.88. The molecule has 0 N–H and O–H groups in total. The van der Waals surface area contributed by atoms with Crippen molar-refractivity contribution in [3.63, 3.8) is 0 Å². The van der Waals surface area contributed by atoms with Gasteiger partial charge in [-0.1, -0.05) is 71.9 Å². The zero-order valence-electron chi connectivity index (χ0n) is 23.2. The summed E-state index contributed by atoms with van der Waals surface area (Å²) in [6.45, 7) is 4.65. The lowest BCUT2D eigenvalue weighted by molar-refractivity contribution is 0.341. The maximum atomic E-state index is 6.15. The lowest BCUT2D eigenvalue weighted by Gasteiger charge is -2.14.